The Balaban J connectivity index is 2.23. The molecule has 0 radical (unpaired) electrons. The summed E-state index contributed by atoms with van der Waals surface area (Å²) in [5.74, 6) is 2.42. The second-order valence-corrected chi connectivity index (χ2v) is 5.37. The zero-order valence-electron chi connectivity index (χ0n) is 12.9. The molecule has 1 heterocycles. The van der Waals surface area contributed by atoms with Crippen LogP contribution in [0.4, 0.5) is 11.6 Å². The molecule has 0 aromatic carbocycles. The van der Waals surface area contributed by atoms with E-state index in [-0.39, 0.29) is 0 Å². The highest BCUT2D eigenvalue weighted by atomic mass is 16.5. The van der Waals surface area contributed by atoms with E-state index in [2.05, 4.69) is 34.2 Å². The Hall–Kier alpha value is -1.52. The van der Waals surface area contributed by atoms with Crippen LogP contribution in [0.3, 0.4) is 0 Å². The summed E-state index contributed by atoms with van der Waals surface area (Å²) in [6.45, 7) is 2.87. The molecule has 0 saturated heterocycles. The first-order chi connectivity index (χ1) is 9.77. The maximum atomic E-state index is 5.54. The predicted octanol–water partition coefficient (Wildman–Crippen LogP) is 3.08. The van der Waals surface area contributed by atoms with Gasteiger partial charge in [0.05, 0.1) is 7.11 Å². The molecule has 112 valence electrons. The molecule has 1 aromatic heterocycles. The molecular weight excluding hydrogens is 252 g/mol. The molecule has 5 nitrogen and oxygen atoms in total. The minimum absolute atomic E-state index is 0.552. The fourth-order valence-electron chi connectivity index (χ4n) is 2.92. The third-order valence-electron chi connectivity index (χ3n) is 4.04. The van der Waals surface area contributed by atoms with Crippen molar-refractivity contribution in [1.29, 1.82) is 0 Å². The molecule has 1 aliphatic rings. The van der Waals surface area contributed by atoms with E-state index in [9.17, 15) is 0 Å². The third-order valence-corrected chi connectivity index (χ3v) is 4.04. The van der Waals surface area contributed by atoms with Crippen molar-refractivity contribution in [2.24, 2.45) is 0 Å². The van der Waals surface area contributed by atoms with Gasteiger partial charge in [-0.25, -0.2) is 9.97 Å². The van der Waals surface area contributed by atoms with Crippen molar-refractivity contribution in [3.63, 3.8) is 0 Å². The van der Waals surface area contributed by atoms with Gasteiger partial charge in [0.25, 0.3) is 0 Å². The predicted molar refractivity (Wildman–Crippen MR) is 82.6 cm³/mol. The van der Waals surface area contributed by atoms with Crippen molar-refractivity contribution in [2.45, 2.75) is 51.5 Å². The lowest BCUT2D eigenvalue weighted by molar-refractivity contribution is 0.409. The zero-order chi connectivity index (χ0) is 14.4. The standard InChI is InChI=1S/C15H26N4O/c1-4-16-14-13(20-3)15(18-11-17-14)19(2)12-9-7-5-6-8-10-12/h11-12H,4-10H2,1-3H3,(H,16,17,18). The number of rotatable bonds is 5. The van der Waals surface area contributed by atoms with Crippen molar-refractivity contribution in [2.75, 3.05) is 30.9 Å². The van der Waals surface area contributed by atoms with Gasteiger partial charge < -0.3 is 15.0 Å². The van der Waals surface area contributed by atoms with Crippen molar-refractivity contribution in [3.8, 4) is 5.75 Å². The molecule has 1 aromatic rings. The fraction of sp³-hybridized carbons (Fsp3) is 0.733. The van der Waals surface area contributed by atoms with Crippen LogP contribution in [0.25, 0.3) is 0 Å². The first kappa shape index (κ1) is 14.9. The molecule has 1 aliphatic carbocycles. The van der Waals surface area contributed by atoms with Crippen molar-refractivity contribution in [3.05, 3.63) is 6.33 Å². The van der Waals surface area contributed by atoms with Crippen LogP contribution in [-0.4, -0.2) is 36.7 Å². The second-order valence-electron chi connectivity index (χ2n) is 5.37. The summed E-state index contributed by atoms with van der Waals surface area (Å²) < 4.78 is 5.54. The number of anilines is 2. The fourth-order valence-corrected chi connectivity index (χ4v) is 2.92. The normalized spacial score (nSPS) is 16.6. The van der Waals surface area contributed by atoms with Crippen LogP contribution < -0.4 is 15.0 Å². The van der Waals surface area contributed by atoms with Gasteiger partial charge in [-0.2, -0.15) is 0 Å². The van der Waals surface area contributed by atoms with Crippen molar-refractivity contribution >= 4 is 11.6 Å². The van der Waals surface area contributed by atoms with E-state index in [1.54, 1.807) is 13.4 Å². The first-order valence-electron chi connectivity index (χ1n) is 7.63. The Kier molecular flexibility index (Phi) is 5.44. The number of nitrogens with one attached hydrogen (secondary N) is 1. The third kappa shape index (κ3) is 3.32. The molecule has 1 saturated carbocycles. The average Bonchev–Trinajstić information content (AvgIpc) is 2.75. The summed E-state index contributed by atoms with van der Waals surface area (Å²) >= 11 is 0. The Bertz CT molecular complexity index is 416. The first-order valence-corrected chi connectivity index (χ1v) is 7.63. The lowest BCUT2D eigenvalue weighted by Crippen LogP contribution is -2.32. The molecule has 0 atom stereocenters. The Morgan fingerprint density at radius 3 is 2.55 bits per heavy atom. The van der Waals surface area contributed by atoms with Gasteiger partial charge in [-0.1, -0.05) is 25.7 Å². The summed E-state index contributed by atoms with van der Waals surface area (Å²) in [5.41, 5.74) is 0. The molecular formula is C15H26N4O. The van der Waals surface area contributed by atoms with Crippen LogP contribution in [0.2, 0.25) is 0 Å². The molecule has 1 fully saturated rings. The molecule has 0 aliphatic heterocycles. The number of hydrogen-bond acceptors (Lipinski definition) is 5. The maximum absolute atomic E-state index is 5.54. The van der Waals surface area contributed by atoms with E-state index in [1.165, 1.54) is 38.5 Å². The van der Waals surface area contributed by atoms with Crippen LogP contribution in [0.5, 0.6) is 5.75 Å². The van der Waals surface area contributed by atoms with Gasteiger partial charge in [-0.15, -0.1) is 0 Å². The Morgan fingerprint density at radius 1 is 1.25 bits per heavy atom. The minimum Gasteiger partial charge on any atom is -0.490 e. The van der Waals surface area contributed by atoms with E-state index in [1.807, 2.05) is 0 Å². The minimum atomic E-state index is 0.552. The Labute approximate surface area is 121 Å². The highest BCUT2D eigenvalue weighted by Crippen LogP contribution is 2.34. The topological polar surface area (TPSA) is 50.3 Å². The maximum Gasteiger partial charge on any atom is 0.204 e. The van der Waals surface area contributed by atoms with Crippen LogP contribution in [0, 0.1) is 0 Å². The molecule has 0 spiro atoms. The van der Waals surface area contributed by atoms with Gasteiger partial charge in [-0.3, -0.25) is 0 Å². The number of nitrogens with zero attached hydrogens (tertiary/aromatic N) is 3. The summed E-state index contributed by atoms with van der Waals surface area (Å²) in [5, 5.41) is 3.23. The van der Waals surface area contributed by atoms with Crippen LogP contribution >= 0.6 is 0 Å². The van der Waals surface area contributed by atoms with E-state index in [4.69, 9.17) is 4.74 Å². The molecule has 0 bridgehead atoms. The van der Waals surface area contributed by atoms with E-state index >= 15 is 0 Å². The van der Waals surface area contributed by atoms with Crippen molar-refractivity contribution < 1.29 is 4.74 Å². The molecule has 0 amide bonds. The Morgan fingerprint density at radius 2 is 1.95 bits per heavy atom. The smallest absolute Gasteiger partial charge is 0.204 e. The number of ether oxygens (including phenoxy) is 1. The van der Waals surface area contributed by atoms with Gasteiger partial charge in [0.1, 0.15) is 6.33 Å². The molecule has 5 heteroatoms. The largest absolute Gasteiger partial charge is 0.490 e. The van der Waals surface area contributed by atoms with Gasteiger partial charge >= 0.3 is 0 Å². The zero-order valence-corrected chi connectivity index (χ0v) is 12.9. The number of aromatic nitrogens is 2. The van der Waals surface area contributed by atoms with E-state index < -0.39 is 0 Å². The van der Waals surface area contributed by atoms with Crippen LogP contribution in [0.15, 0.2) is 6.33 Å². The summed E-state index contributed by atoms with van der Waals surface area (Å²) in [7, 11) is 3.81. The van der Waals surface area contributed by atoms with Gasteiger partial charge in [0.15, 0.2) is 11.6 Å². The summed E-state index contributed by atoms with van der Waals surface area (Å²) in [6.07, 6.45) is 9.41. The van der Waals surface area contributed by atoms with Gasteiger partial charge in [0, 0.05) is 19.6 Å². The molecule has 2 rings (SSSR count). The monoisotopic (exact) mass is 278 g/mol. The van der Waals surface area contributed by atoms with E-state index in [0.29, 0.717) is 6.04 Å². The van der Waals surface area contributed by atoms with E-state index in [0.717, 1.165) is 23.9 Å². The molecule has 0 unspecified atom stereocenters. The SMILES string of the molecule is CCNc1ncnc(N(C)C2CCCCCC2)c1OC. The lowest BCUT2D eigenvalue weighted by Gasteiger charge is -2.29. The summed E-state index contributed by atoms with van der Waals surface area (Å²) in [4.78, 5) is 11.0. The molecule has 1 N–H and O–H groups in total. The highest BCUT2D eigenvalue weighted by Gasteiger charge is 2.22. The van der Waals surface area contributed by atoms with Gasteiger partial charge in [0.2, 0.25) is 5.75 Å². The average molecular weight is 278 g/mol. The van der Waals surface area contributed by atoms with Crippen LogP contribution in [0.1, 0.15) is 45.4 Å². The number of methoxy groups -OCH3 is 1. The highest BCUT2D eigenvalue weighted by molar-refractivity contribution is 5.64. The van der Waals surface area contributed by atoms with Crippen LogP contribution in [-0.2, 0) is 0 Å². The summed E-state index contributed by atoms with van der Waals surface area (Å²) in [6, 6.07) is 0.552. The lowest BCUT2D eigenvalue weighted by atomic mass is 10.1. The van der Waals surface area contributed by atoms with Gasteiger partial charge in [-0.05, 0) is 19.8 Å². The number of hydrogen-bond donors (Lipinski definition) is 1. The molecule has 20 heavy (non-hydrogen) atoms. The quantitative estimate of drug-likeness (QED) is 0.839. The second kappa shape index (κ2) is 7.31. The van der Waals surface area contributed by atoms with Crippen molar-refractivity contribution in [1.82, 2.24) is 9.97 Å².